The van der Waals surface area contributed by atoms with Crippen molar-refractivity contribution in [3.05, 3.63) is 29.8 Å². The lowest BCUT2D eigenvalue weighted by Crippen LogP contribution is -2.46. The van der Waals surface area contributed by atoms with Gasteiger partial charge in [0.1, 0.15) is 17.8 Å². The summed E-state index contributed by atoms with van der Waals surface area (Å²) in [6, 6.07) is 4.36. The van der Waals surface area contributed by atoms with Gasteiger partial charge in [0, 0.05) is 23.8 Å². The van der Waals surface area contributed by atoms with Gasteiger partial charge in [0.2, 0.25) is 11.8 Å². The summed E-state index contributed by atoms with van der Waals surface area (Å²) in [7, 11) is 2.25. The Morgan fingerprint density at radius 1 is 0.944 bits per heavy atom. The third-order valence-electron chi connectivity index (χ3n) is 5.01. The van der Waals surface area contributed by atoms with Gasteiger partial charge in [0.05, 0.1) is 0 Å². The summed E-state index contributed by atoms with van der Waals surface area (Å²) in [5.74, 6) is -3.21. The van der Waals surface area contributed by atoms with Gasteiger partial charge in [0.25, 0.3) is 0 Å². The van der Waals surface area contributed by atoms with Crippen LogP contribution < -0.4 is 10.6 Å². The Labute approximate surface area is 220 Å². The minimum Gasteiger partial charge on any atom is -0.508 e. The molecule has 0 aliphatic heterocycles. The van der Waals surface area contributed by atoms with Gasteiger partial charge in [-0.2, -0.15) is 0 Å². The third kappa shape index (κ3) is 13.1. The molecular formula is C25H38N2O7S2. The second-order valence-electron chi connectivity index (χ2n) is 10.4. The number of carbonyl (C=O) groups excluding carboxylic acids is 2. The summed E-state index contributed by atoms with van der Waals surface area (Å²) in [5.41, 5.74) is 0.497. The number of rotatable bonds is 15. The van der Waals surface area contributed by atoms with Crippen LogP contribution in [0.25, 0.3) is 0 Å². The van der Waals surface area contributed by atoms with Crippen LogP contribution in [0.5, 0.6) is 5.75 Å². The molecule has 0 heterocycles. The highest BCUT2D eigenvalue weighted by Gasteiger charge is 2.27. The van der Waals surface area contributed by atoms with E-state index in [9.17, 15) is 34.5 Å². The molecule has 0 saturated heterocycles. The monoisotopic (exact) mass is 542 g/mol. The predicted molar refractivity (Wildman–Crippen MR) is 143 cm³/mol. The number of phenols is 1. The van der Waals surface area contributed by atoms with Gasteiger partial charge in [-0.1, -0.05) is 68.3 Å². The van der Waals surface area contributed by atoms with E-state index in [0.717, 1.165) is 27.2 Å². The van der Waals surface area contributed by atoms with E-state index in [1.807, 2.05) is 34.6 Å². The number of amides is 2. The fourth-order valence-electron chi connectivity index (χ4n) is 3.42. The van der Waals surface area contributed by atoms with Crippen LogP contribution in [0.15, 0.2) is 24.3 Å². The zero-order chi connectivity index (χ0) is 27.5. The van der Waals surface area contributed by atoms with Gasteiger partial charge < -0.3 is 26.0 Å². The molecule has 3 atom stereocenters. The molecule has 0 bridgehead atoms. The lowest BCUT2D eigenvalue weighted by Gasteiger charge is -2.22. The normalized spacial score (nSPS) is 14.1. The maximum absolute atomic E-state index is 13.0. The Hall–Kier alpha value is -2.40. The Bertz CT molecular complexity index is 903. The molecule has 0 saturated carbocycles. The van der Waals surface area contributed by atoms with Crippen molar-refractivity contribution in [2.45, 2.75) is 66.0 Å². The highest BCUT2D eigenvalue weighted by Crippen LogP contribution is 2.25. The maximum atomic E-state index is 13.0. The van der Waals surface area contributed by atoms with Gasteiger partial charge in [-0.25, -0.2) is 9.59 Å². The average molecular weight is 543 g/mol. The van der Waals surface area contributed by atoms with Crippen LogP contribution in [-0.4, -0.2) is 62.7 Å². The van der Waals surface area contributed by atoms with Crippen LogP contribution in [-0.2, 0) is 25.6 Å². The second-order valence-corrected chi connectivity index (χ2v) is 12.9. The number of benzene rings is 1. The summed E-state index contributed by atoms with van der Waals surface area (Å²) >= 11 is 0. The molecule has 0 aromatic heterocycles. The van der Waals surface area contributed by atoms with Crippen molar-refractivity contribution < 1.29 is 34.5 Å². The van der Waals surface area contributed by atoms with Gasteiger partial charge >= 0.3 is 11.9 Å². The number of carboxylic acids is 2. The number of hydrogen-bond donors (Lipinski definition) is 5. The number of carbonyl (C=O) groups is 4. The topological polar surface area (TPSA) is 153 Å². The molecule has 0 radical (unpaired) electrons. The number of aliphatic carboxylic acids is 2. The molecule has 0 aliphatic carbocycles. The van der Waals surface area contributed by atoms with Crippen LogP contribution >= 0.6 is 21.6 Å². The molecule has 202 valence electrons. The Balaban J connectivity index is 2.69. The molecule has 9 nitrogen and oxygen atoms in total. The van der Waals surface area contributed by atoms with Crippen molar-refractivity contribution in [2.75, 3.05) is 11.5 Å². The van der Waals surface area contributed by atoms with Crippen molar-refractivity contribution >= 4 is 45.3 Å². The maximum Gasteiger partial charge on any atom is 0.327 e. The number of aromatic hydroxyl groups is 1. The first-order valence-corrected chi connectivity index (χ1v) is 14.2. The first kappa shape index (κ1) is 31.6. The van der Waals surface area contributed by atoms with Crippen LogP contribution in [0.4, 0.5) is 0 Å². The molecule has 2 amide bonds. The Morgan fingerprint density at radius 2 is 1.50 bits per heavy atom. The third-order valence-corrected chi connectivity index (χ3v) is 7.43. The van der Waals surface area contributed by atoms with Crippen LogP contribution in [0.2, 0.25) is 0 Å². The SMILES string of the molecule is CC(C)CC(Cc1cccc(O)c1)C(=O)N[C@@H](CSSC[C@H](NC(=O)CC(C)(C)C)C(=O)O)C(=O)O. The summed E-state index contributed by atoms with van der Waals surface area (Å²) in [5, 5.41) is 33.8. The van der Waals surface area contributed by atoms with E-state index in [1.165, 1.54) is 0 Å². The molecule has 1 aromatic rings. The largest absolute Gasteiger partial charge is 0.508 e. The quantitative estimate of drug-likeness (QED) is 0.165. The molecule has 1 unspecified atom stereocenters. The van der Waals surface area contributed by atoms with Crippen LogP contribution in [0.1, 0.15) is 53.0 Å². The van der Waals surface area contributed by atoms with Crippen LogP contribution in [0, 0.1) is 17.3 Å². The van der Waals surface area contributed by atoms with Crippen molar-refractivity contribution in [3.63, 3.8) is 0 Å². The number of nitrogens with one attached hydrogen (secondary N) is 2. The van der Waals surface area contributed by atoms with Gasteiger partial charge in [-0.15, -0.1) is 0 Å². The van der Waals surface area contributed by atoms with Crippen LogP contribution in [0.3, 0.4) is 0 Å². The molecule has 1 aromatic carbocycles. The van der Waals surface area contributed by atoms with E-state index in [0.29, 0.717) is 12.8 Å². The molecule has 0 aliphatic rings. The van der Waals surface area contributed by atoms with Gasteiger partial charge in [0.15, 0.2) is 0 Å². The van der Waals surface area contributed by atoms with E-state index in [4.69, 9.17) is 0 Å². The minimum absolute atomic E-state index is 0.0224. The number of hydrogen-bond acceptors (Lipinski definition) is 7. The molecule has 11 heteroatoms. The first-order chi connectivity index (χ1) is 16.7. The van der Waals surface area contributed by atoms with E-state index >= 15 is 0 Å². The molecular weight excluding hydrogens is 504 g/mol. The number of carboxylic acid groups (broad SMARTS) is 2. The van der Waals surface area contributed by atoms with E-state index in [-0.39, 0.29) is 46.8 Å². The minimum atomic E-state index is -1.19. The zero-order valence-corrected chi connectivity index (χ0v) is 23.1. The van der Waals surface area contributed by atoms with E-state index < -0.39 is 29.9 Å². The Kier molecular flexibility index (Phi) is 13.2. The molecule has 5 N–H and O–H groups in total. The van der Waals surface area contributed by atoms with Gasteiger partial charge in [-0.05, 0) is 41.9 Å². The Morgan fingerprint density at radius 3 is 1.97 bits per heavy atom. The average Bonchev–Trinajstić information content (AvgIpc) is 2.72. The summed E-state index contributed by atoms with van der Waals surface area (Å²) in [6.07, 6.45) is 1.09. The fourth-order valence-corrected chi connectivity index (χ4v) is 5.73. The van der Waals surface area contributed by atoms with Crippen molar-refractivity contribution in [1.82, 2.24) is 10.6 Å². The predicted octanol–water partition coefficient (Wildman–Crippen LogP) is 3.55. The molecule has 1 rings (SSSR count). The van der Waals surface area contributed by atoms with Crippen molar-refractivity contribution in [2.24, 2.45) is 17.3 Å². The standard InChI is InChI=1S/C25H38N2O7S2/c1-15(2)9-17(10-16-7-6-8-18(28)11-16)22(30)27-20(24(33)34)14-36-35-13-19(23(31)32)26-21(29)12-25(3,4)5/h6-8,11,15,17,19-20,28H,9-10,12-14H2,1-5H3,(H,26,29)(H,27,30)(H,31,32)(H,33,34)/t17?,19-,20-/m0/s1. The summed E-state index contributed by atoms with van der Waals surface area (Å²) in [6.45, 7) is 9.58. The van der Waals surface area contributed by atoms with Gasteiger partial charge in [-0.3, -0.25) is 9.59 Å². The van der Waals surface area contributed by atoms with E-state index in [2.05, 4.69) is 10.6 Å². The smallest absolute Gasteiger partial charge is 0.327 e. The zero-order valence-electron chi connectivity index (χ0n) is 21.4. The summed E-state index contributed by atoms with van der Waals surface area (Å²) < 4.78 is 0. The molecule has 36 heavy (non-hydrogen) atoms. The number of phenolic OH excluding ortho intramolecular Hbond substituents is 1. The first-order valence-electron chi connectivity index (χ1n) is 11.8. The molecule has 0 spiro atoms. The highest BCUT2D eigenvalue weighted by atomic mass is 33.1. The van der Waals surface area contributed by atoms with Crippen molar-refractivity contribution in [1.29, 1.82) is 0 Å². The second kappa shape index (κ2) is 15.0. The lowest BCUT2D eigenvalue weighted by molar-refractivity contribution is -0.142. The highest BCUT2D eigenvalue weighted by molar-refractivity contribution is 8.76. The molecule has 0 fully saturated rings. The lowest BCUT2D eigenvalue weighted by atomic mass is 9.90. The van der Waals surface area contributed by atoms with Crippen molar-refractivity contribution in [3.8, 4) is 5.75 Å². The fraction of sp³-hybridized carbons (Fsp3) is 0.600. The van der Waals surface area contributed by atoms with E-state index in [1.54, 1.807) is 24.3 Å². The summed E-state index contributed by atoms with van der Waals surface area (Å²) in [4.78, 5) is 48.3.